The van der Waals surface area contributed by atoms with Gasteiger partial charge in [-0.05, 0) is 61.4 Å². The zero-order valence-corrected chi connectivity index (χ0v) is 23.6. The summed E-state index contributed by atoms with van der Waals surface area (Å²) in [7, 11) is 0. The van der Waals surface area contributed by atoms with E-state index in [0.29, 0.717) is 30.2 Å². The van der Waals surface area contributed by atoms with Gasteiger partial charge in [-0.25, -0.2) is 15.0 Å². The highest BCUT2D eigenvalue weighted by molar-refractivity contribution is 6.03. The number of nitrogens with two attached hydrogens (primary N) is 1. The molecule has 1 saturated heterocycles. The predicted octanol–water partition coefficient (Wildman–Crippen LogP) is 3.84. The molecule has 1 amide bonds. The van der Waals surface area contributed by atoms with E-state index in [-0.39, 0.29) is 34.8 Å². The molecule has 2 aliphatic heterocycles. The van der Waals surface area contributed by atoms with Gasteiger partial charge in [-0.2, -0.15) is 5.26 Å². The van der Waals surface area contributed by atoms with Crippen LogP contribution in [0, 0.1) is 17.2 Å². The quantitative estimate of drug-likeness (QED) is 0.301. The lowest BCUT2D eigenvalue weighted by Gasteiger charge is -2.29. The molecule has 0 spiro atoms. The van der Waals surface area contributed by atoms with Gasteiger partial charge in [-0.1, -0.05) is 18.9 Å². The molecule has 3 aromatic rings. The normalized spacial score (nSPS) is 20.6. The van der Waals surface area contributed by atoms with Gasteiger partial charge in [0.1, 0.15) is 22.9 Å². The Bertz CT molecular complexity index is 1590. The summed E-state index contributed by atoms with van der Waals surface area (Å²) < 4.78 is 0. The number of nitrogens with one attached hydrogen (secondary N) is 2. The Labute approximate surface area is 244 Å². The molecule has 11 nitrogen and oxygen atoms in total. The number of benzene rings is 1. The Balaban J connectivity index is 1.17. The van der Waals surface area contributed by atoms with Crippen LogP contribution in [0.5, 0.6) is 0 Å². The molecule has 6 rings (SSSR count). The minimum atomic E-state index is -0.351. The van der Waals surface area contributed by atoms with E-state index < -0.39 is 0 Å². The summed E-state index contributed by atoms with van der Waals surface area (Å²) in [5, 5.41) is 13.0. The summed E-state index contributed by atoms with van der Waals surface area (Å²) in [4.78, 5) is 46.2. The minimum absolute atomic E-state index is 0.0497. The molecule has 2 atom stereocenters. The number of aliphatic imine (C=N–C) groups is 1. The van der Waals surface area contributed by atoms with Crippen molar-refractivity contribution in [3.05, 3.63) is 75.6 Å². The number of pyridine rings is 1. The average Bonchev–Trinajstić information content (AvgIpc) is 3.45. The van der Waals surface area contributed by atoms with Crippen molar-refractivity contribution in [2.75, 3.05) is 23.3 Å². The van der Waals surface area contributed by atoms with E-state index in [1.807, 2.05) is 18.2 Å². The molecule has 11 heteroatoms. The SMILES string of the molecule is N#CC1CCCC[C@@H]1Nc1cc[nH]c(=O)c1C(N)=Nc1ccc2c(c1)CN(C(=O)c1cnc(N3CCCCC3)cn1)C2. The molecule has 0 bridgehead atoms. The number of amidine groups is 1. The maximum Gasteiger partial charge on any atom is 0.274 e. The number of rotatable bonds is 6. The van der Waals surface area contributed by atoms with Gasteiger partial charge < -0.3 is 25.8 Å². The third kappa shape index (κ3) is 5.70. The number of aromatic nitrogens is 3. The molecular weight excluding hydrogens is 530 g/mol. The van der Waals surface area contributed by atoms with Gasteiger partial charge in [0.2, 0.25) is 0 Å². The fourth-order valence-corrected chi connectivity index (χ4v) is 6.18. The van der Waals surface area contributed by atoms with E-state index >= 15 is 0 Å². The monoisotopic (exact) mass is 565 g/mol. The molecular formula is C31H35N9O2. The number of nitrogens with zero attached hydrogens (tertiary/aromatic N) is 6. The number of aromatic amines is 1. The zero-order chi connectivity index (χ0) is 29.1. The number of carbonyl (C=O) groups excluding carboxylic acids is 1. The molecule has 216 valence electrons. The second-order valence-corrected chi connectivity index (χ2v) is 11.3. The number of fused-ring (bicyclic) bond motifs is 1. The lowest BCUT2D eigenvalue weighted by atomic mass is 9.85. The van der Waals surface area contributed by atoms with Crippen LogP contribution in [-0.4, -0.2) is 50.7 Å². The lowest BCUT2D eigenvalue weighted by Crippen LogP contribution is -2.34. The third-order valence-electron chi connectivity index (χ3n) is 8.48. The van der Waals surface area contributed by atoms with Crippen LogP contribution < -0.4 is 21.5 Å². The van der Waals surface area contributed by atoms with Crippen LogP contribution in [0.4, 0.5) is 17.2 Å². The third-order valence-corrected chi connectivity index (χ3v) is 8.48. The largest absolute Gasteiger partial charge is 0.383 e. The van der Waals surface area contributed by atoms with Crippen LogP contribution in [0.25, 0.3) is 0 Å². The van der Waals surface area contributed by atoms with E-state index in [4.69, 9.17) is 5.73 Å². The number of amides is 1. The topological polar surface area (TPSA) is 156 Å². The number of anilines is 2. The standard InChI is InChI=1S/C31H35N9O2/c32-15-20-6-2-3-7-24(20)38-25-10-11-34-30(41)28(25)29(33)37-23-9-8-21-18-40(19-22(21)14-23)31(42)26-16-36-27(17-35-26)39-12-4-1-5-13-39/h8-11,14,16-17,20,24H,1-7,12-13,18-19H2,(H2,33,37)(H2,34,38,41)/t20?,24-/m0/s1. The Kier molecular flexibility index (Phi) is 7.86. The molecule has 1 saturated carbocycles. The highest BCUT2D eigenvalue weighted by Crippen LogP contribution is 2.30. The fraction of sp³-hybridized carbons (Fsp3) is 0.419. The lowest BCUT2D eigenvalue weighted by molar-refractivity contribution is 0.0745. The van der Waals surface area contributed by atoms with Gasteiger partial charge in [-0.15, -0.1) is 0 Å². The summed E-state index contributed by atoms with van der Waals surface area (Å²) in [6.45, 7) is 2.83. The fourth-order valence-electron chi connectivity index (χ4n) is 6.18. The van der Waals surface area contributed by atoms with Crippen molar-refractivity contribution < 1.29 is 4.79 Å². The van der Waals surface area contributed by atoms with Gasteiger partial charge in [0.15, 0.2) is 0 Å². The van der Waals surface area contributed by atoms with Gasteiger partial charge in [0.25, 0.3) is 11.5 Å². The molecule has 2 fully saturated rings. The maximum atomic E-state index is 13.2. The molecule has 3 aliphatic rings. The highest BCUT2D eigenvalue weighted by Gasteiger charge is 2.28. The van der Waals surface area contributed by atoms with E-state index in [1.54, 1.807) is 29.6 Å². The molecule has 4 N–H and O–H groups in total. The van der Waals surface area contributed by atoms with E-state index in [0.717, 1.165) is 68.6 Å². The summed E-state index contributed by atoms with van der Waals surface area (Å²) in [6.07, 6.45) is 12.1. The molecule has 1 aliphatic carbocycles. The predicted molar refractivity (Wildman–Crippen MR) is 161 cm³/mol. The van der Waals surface area contributed by atoms with Crippen LogP contribution in [0.3, 0.4) is 0 Å². The maximum absolute atomic E-state index is 13.2. The number of hydrogen-bond donors (Lipinski definition) is 3. The summed E-state index contributed by atoms with van der Waals surface area (Å²) in [5.41, 5.74) is 9.78. The number of nitriles is 1. The zero-order valence-electron chi connectivity index (χ0n) is 23.6. The Morgan fingerprint density at radius 3 is 2.64 bits per heavy atom. The summed E-state index contributed by atoms with van der Waals surface area (Å²) in [5.74, 6) is 0.609. The first-order valence-corrected chi connectivity index (χ1v) is 14.7. The summed E-state index contributed by atoms with van der Waals surface area (Å²) >= 11 is 0. The van der Waals surface area contributed by atoms with Crippen LogP contribution in [0.1, 0.15) is 72.1 Å². The van der Waals surface area contributed by atoms with E-state index in [1.165, 1.54) is 6.42 Å². The van der Waals surface area contributed by atoms with Crippen molar-refractivity contribution in [3.63, 3.8) is 0 Å². The van der Waals surface area contributed by atoms with Crippen LogP contribution in [0.15, 0.2) is 52.6 Å². The Hall–Kier alpha value is -4.72. The molecule has 4 heterocycles. The molecule has 1 aromatic carbocycles. The molecule has 0 radical (unpaired) electrons. The van der Waals surface area contributed by atoms with Gasteiger partial charge in [0.05, 0.1) is 35.8 Å². The van der Waals surface area contributed by atoms with Crippen molar-refractivity contribution in [2.24, 2.45) is 16.6 Å². The van der Waals surface area contributed by atoms with E-state index in [2.05, 4.69) is 36.2 Å². The Morgan fingerprint density at radius 1 is 1.05 bits per heavy atom. The van der Waals surface area contributed by atoms with Crippen LogP contribution >= 0.6 is 0 Å². The summed E-state index contributed by atoms with van der Waals surface area (Å²) in [6, 6.07) is 9.78. The molecule has 2 aromatic heterocycles. The smallest absolute Gasteiger partial charge is 0.274 e. The van der Waals surface area contributed by atoms with E-state index in [9.17, 15) is 14.9 Å². The van der Waals surface area contributed by atoms with Crippen molar-refractivity contribution in [1.29, 1.82) is 5.26 Å². The number of H-pyrrole nitrogens is 1. The van der Waals surface area contributed by atoms with Gasteiger partial charge in [-0.3, -0.25) is 9.59 Å². The minimum Gasteiger partial charge on any atom is -0.383 e. The first kappa shape index (κ1) is 27.4. The van der Waals surface area contributed by atoms with Crippen LogP contribution in [0.2, 0.25) is 0 Å². The van der Waals surface area contributed by atoms with Crippen molar-refractivity contribution in [1.82, 2.24) is 19.9 Å². The van der Waals surface area contributed by atoms with Crippen LogP contribution in [-0.2, 0) is 13.1 Å². The van der Waals surface area contributed by atoms with Crippen molar-refractivity contribution in [3.8, 4) is 6.07 Å². The number of hydrogen-bond acceptors (Lipinski definition) is 8. The first-order valence-electron chi connectivity index (χ1n) is 14.7. The Morgan fingerprint density at radius 2 is 1.86 bits per heavy atom. The van der Waals surface area contributed by atoms with Crippen molar-refractivity contribution >= 4 is 28.9 Å². The van der Waals surface area contributed by atoms with Crippen molar-refractivity contribution in [2.45, 2.75) is 64.1 Å². The van der Waals surface area contributed by atoms with Gasteiger partial charge in [0, 0.05) is 38.4 Å². The second-order valence-electron chi connectivity index (χ2n) is 11.3. The van der Waals surface area contributed by atoms with Gasteiger partial charge >= 0.3 is 0 Å². The average molecular weight is 566 g/mol. The molecule has 1 unspecified atom stereocenters. The second kappa shape index (κ2) is 12.0. The highest BCUT2D eigenvalue weighted by atomic mass is 16.2. The molecule has 42 heavy (non-hydrogen) atoms. The number of carbonyl (C=O) groups is 1. The first-order chi connectivity index (χ1) is 20.5. The number of piperidine rings is 1.